The van der Waals surface area contributed by atoms with Gasteiger partial charge in [-0.1, -0.05) is 35.5 Å². The van der Waals surface area contributed by atoms with Crippen molar-refractivity contribution in [3.63, 3.8) is 0 Å². The highest BCUT2D eigenvalue weighted by molar-refractivity contribution is 8.16. The lowest BCUT2D eigenvalue weighted by molar-refractivity contribution is -0.117. The average Bonchev–Trinajstić information content (AvgIpc) is 3.20. The molecule has 0 aliphatic carbocycles. The molecule has 2 aromatic rings. The van der Waals surface area contributed by atoms with Gasteiger partial charge >= 0.3 is 0 Å². The Kier molecular flexibility index (Phi) is 6.42. The lowest BCUT2D eigenvalue weighted by Gasteiger charge is -2.26. The Hall–Kier alpha value is -2.23. The van der Waals surface area contributed by atoms with E-state index in [9.17, 15) is 13.2 Å². The predicted molar refractivity (Wildman–Crippen MR) is 128 cm³/mol. The smallest absolute Gasteiger partial charge is 0.252 e. The standard InChI is InChI=1S/C22H23ClN2O5S2/c1-13-4-6-15(23)10-16(13)25-17-11-32(27,28)12-20(17)31-22(25)24-21(26)9-14-5-7-18(29-2)19(8-14)30-3/h4-8,10,17,20H,9,11-12H2,1-3H3. The number of carbonyl (C=O) groups is 1. The fourth-order valence-electron chi connectivity index (χ4n) is 4.00. The van der Waals surface area contributed by atoms with Crippen LogP contribution in [-0.2, 0) is 21.1 Å². The number of carbonyl (C=O) groups excluding carboxylic acids is 1. The van der Waals surface area contributed by atoms with E-state index in [2.05, 4.69) is 4.99 Å². The molecule has 2 heterocycles. The number of aliphatic imine (C=N–C) groups is 1. The summed E-state index contributed by atoms with van der Waals surface area (Å²) in [6, 6.07) is 10.5. The highest BCUT2D eigenvalue weighted by Gasteiger charge is 2.49. The van der Waals surface area contributed by atoms with E-state index in [4.69, 9.17) is 21.1 Å². The van der Waals surface area contributed by atoms with E-state index in [1.807, 2.05) is 17.9 Å². The number of nitrogens with zero attached hydrogens (tertiary/aromatic N) is 2. The van der Waals surface area contributed by atoms with Crippen LogP contribution in [0.1, 0.15) is 11.1 Å². The maximum atomic E-state index is 12.9. The fraction of sp³-hybridized carbons (Fsp3) is 0.364. The third-order valence-corrected chi connectivity index (χ3v) is 8.97. The van der Waals surface area contributed by atoms with Gasteiger partial charge in [0.25, 0.3) is 5.91 Å². The Morgan fingerprint density at radius 3 is 2.62 bits per heavy atom. The van der Waals surface area contributed by atoms with E-state index in [1.165, 1.54) is 18.9 Å². The Labute approximate surface area is 196 Å². The first kappa shape index (κ1) is 22.9. The summed E-state index contributed by atoms with van der Waals surface area (Å²) in [6.45, 7) is 1.93. The number of fused-ring (bicyclic) bond motifs is 1. The molecule has 0 bridgehead atoms. The summed E-state index contributed by atoms with van der Waals surface area (Å²) in [5, 5.41) is 0.868. The zero-order chi connectivity index (χ0) is 23.0. The van der Waals surface area contributed by atoms with Crippen molar-refractivity contribution in [1.29, 1.82) is 0 Å². The number of amidine groups is 1. The second-order valence-corrected chi connectivity index (χ2v) is 11.6. The molecular formula is C22H23ClN2O5S2. The second-order valence-electron chi connectivity index (χ2n) is 7.76. The van der Waals surface area contributed by atoms with Crippen molar-refractivity contribution in [2.75, 3.05) is 30.6 Å². The van der Waals surface area contributed by atoms with Gasteiger partial charge in [0.05, 0.1) is 38.2 Å². The van der Waals surface area contributed by atoms with Crippen LogP contribution < -0.4 is 14.4 Å². The first-order valence-electron chi connectivity index (χ1n) is 9.95. The first-order valence-corrected chi connectivity index (χ1v) is 13.0. The van der Waals surface area contributed by atoms with Crippen LogP contribution >= 0.6 is 23.4 Å². The summed E-state index contributed by atoms with van der Waals surface area (Å²) < 4.78 is 35.1. The normalized spacial score (nSPS) is 22.8. The number of ether oxygens (including phenoxy) is 2. The molecule has 2 aliphatic rings. The van der Waals surface area contributed by atoms with Gasteiger partial charge in [0.2, 0.25) is 0 Å². The van der Waals surface area contributed by atoms with Crippen molar-refractivity contribution in [3.05, 3.63) is 52.5 Å². The van der Waals surface area contributed by atoms with Gasteiger partial charge in [-0.05, 0) is 42.3 Å². The number of thioether (sulfide) groups is 1. The number of aryl methyl sites for hydroxylation is 1. The lowest BCUT2D eigenvalue weighted by Crippen LogP contribution is -2.38. The summed E-state index contributed by atoms with van der Waals surface area (Å²) in [7, 11) is -0.0557. The van der Waals surface area contributed by atoms with E-state index >= 15 is 0 Å². The highest BCUT2D eigenvalue weighted by atomic mass is 35.5. The van der Waals surface area contributed by atoms with E-state index in [0.717, 1.165) is 16.8 Å². The zero-order valence-corrected chi connectivity index (χ0v) is 20.3. The van der Waals surface area contributed by atoms with Gasteiger partial charge in [-0.2, -0.15) is 4.99 Å². The number of hydrogen-bond acceptors (Lipinski definition) is 6. The molecule has 2 fully saturated rings. The molecule has 2 aromatic carbocycles. The van der Waals surface area contributed by atoms with Crippen molar-refractivity contribution >= 4 is 50.0 Å². The van der Waals surface area contributed by atoms with Gasteiger partial charge in [0.15, 0.2) is 26.5 Å². The maximum absolute atomic E-state index is 12.9. The van der Waals surface area contributed by atoms with Crippen molar-refractivity contribution in [1.82, 2.24) is 0 Å². The molecule has 10 heteroatoms. The minimum Gasteiger partial charge on any atom is -0.493 e. The molecule has 0 N–H and O–H groups in total. The van der Waals surface area contributed by atoms with Crippen molar-refractivity contribution in [3.8, 4) is 11.5 Å². The van der Waals surface area contributed by atoms with Crippen LogP contribution in [0.3, 0.4) is 0 Å². The van der Waals surface area contributed by atoms with E-state index in [-0.39, 0.29) is 35.1 Å². The van der Waals surface area contributed by atoms with Crippen LogP contribution in [0, 0.1) is 6.92 Å². The van der Waals surface area contributed by atoms with Crippen LogP contribution in [0.2, 0.25) is 5.02 Å². The zero-order valence-electron chi connectivity index (χ0n) is 17.9. The van der Waals surface area contributed by atoms with Gasteiger partial charge in [0, 0.05) is 16.0 Å². The van der Waals surface area contributed by atoms with Gasteiger partial charge in [-0.25, -0.2) is 8.42 Å². The summed E-state index contributed by atoms with van der Waals surface area (Å²) in [4.78, 5) is 19.1. The largest absolute Gasteiger partial charge is 0.493 e. The van der Waals surface area contributed by atoms with Crippen LogP contribution in [0.4, 0.5) is 5.69 Å². The van der Waals surface area contributed by atoms with E-state index in [0.29, 0.717) is 21.7 Å². The van der Waals surface area contributed by atoms with Crippen molar-refractivity contribution in [2.24, 2.45) is 4.99 Å². The highest BCUT2D eigenvalue weighted by Crippen LogP contribution is 2.42. The maximum Gasteiger partial charge on any atom is 0.252 e. The minimum atomic E-state index is -3.15. The second kappa shape index (κ2) is 8.96. The monoisotopic (exact) mass is 494 g/mol. The summed E-state index contributed by atoms with van der Waals surface area (Å²) in [5.74, 6) is 0.891. The molecule has 0 spiro atoms. The van der Waals surface area contributed by atoms with Gasteiger partial charge < -0.3 is 14.4 Å². The number of benzene rings is 2. The summed E-state index contributed by atoms with van der Waals surface area (Å²) in [6.07, 6.45) is 0.0837. The molecule has 1 amide bonds. The van der Waals surface area contributed by atoms with Crippen molar-refractivity contribution in [2.45, 2.75) is 24.6 Å². The molecule has 2 atom stereocenters. The average molecular weight is 495 g/mol. The Morgan fingerprint density at radius 1 is 1.16 bits per heavy atom. The van der Waals surface area contributed by atoms with Crippen LogP contribution in [0.25, 0.3) is 0 Å². The molecule has 32 heavy (non-hydrogen) atoms. The molecular weight excluding hydrogens is 472 g/mol. The number of sulfone groups is 1. The summed E-state index contributed by atoms with van der Waals surface area (Å²) >= 11 is 7.57. The number of rotatable bonds is 5. The number of methoxy groups -OCH3 is 2. The predicted octanol–water partition coefficient (Wildman–Crippen LogP) is 3.51. The fourth-order valence-corrected chi connectivity index (χ4v) is 8.09. The molecule has 0 aromatic heterocycles. The molecule has 0 saturated carbocycles. The summed E-state index contributed by atoms with van der Waals surface area (Å²) in [5.41, 5.74) is 2.44. The van der Waals surface area contributed by atoms with E-state index in [1.54, 1.807) is 37.4 Å². The number of anilines is 1. The van der Waals surface area contributed by atoms with Crippen LogP contribution in [0.15, 0.2) is 41.4 Å². The molecule has 0 radical (unpaired) electrons. The topological polar surface area (TPSA) is 85.3 Å². The molecule has 7 nitrogen and oxygen atoms in total. The third-order valence-electron chi connectivity index (χ3n) is 5.52. The molecule has 2 saturated heterocycles. The molecule has 170 valence electrons. The SMILES string of the molecule is COc1ccc(CC(=O)N=C2SC3CS(=O)(=O)CC3N2c2cc(Cl)ccc2C)cc1OC. The minimum absolute atomic E-state index is 0.0273. The van der Waals surface area contributed by atoms with Gasteiger partial charge in [-0.15, -0.1) is 0 Å². The van der Waals surface area contributed by atoms with Crippen molar-refractivity contribution < 1.29 is 22.7 Å². The van der Waals surface area contributed by atoms with Gasteiger partial charge in [-0.3, -0.25) is 4.79 Å². The molecule has 2 aliphatic heterocycles. The first-order chi connectivity index (χ1) is 15.2. The number of hydrogen-bond donors (Lipinski definition) is 0. The van der Waals surface area contributed by atoms with Gasteiger partial charge in [0.1, 0.15) is 0 Å². The molecule has 4 rings (SSSR count). The lowest BCUT2D eigenvalue weighted by atomic mass is 10.1. The van der Waals surface area contributed by atoms with Crippen LogP contribution in [-0.4, -0.2) is 56.5 Å². The molecule has 2 unspecified atom stereocenters. The quantitative estimate of drug-likeness (QED) is 0.628. The Morgan fingerprint density at radius 2 is 1.91 bits per heavy atom. The Bertz CT molecular complexity index is 1200. The number of halogens is 1. The Balaban J connectivity index is 1.65. The van der Waals surface area contributed by atoms with E-state index < -0.39 is 9.84 Å². The number of amides is 1. The van der Waals surface area contributed by atoms with Crippen LogP contribution in [0.5, 0.6) is 11.5 Å². The third kappa shape index (κ3) is 4.60.